The van der Waals surface area contributed by atoms with E-state index in [1.807, 2.05) is 31.2 Å². The van der Waals surface area contributed by atoms with E-state index in [1.54, 1.807) is 18.7 Å². The van der Waals surface area contributed by atoms with Gasteiger partial charge in [0, 0.05) is 17.8 Å². The number of aromatic amines is 1. The fraction of sp³-hybridized carbons (Fsp3) is 0.421. The van der Waals surface area contributed by atoms with Gasteiger partial charge in [0.25, 0.3) is 5.56 Å². The maximum absolute atomic E-state index is 12.7. The average Bonchev–Trinajstić information content (AvgIpc) is 2.58. The van der Waals surface area contributed by atoms with E-state index < -0.39 is 0 Å². The van der Waals surface area contributed by atoms with Gasteiger partial charge in [-0.1, -0.05) is 24.3 Å². The predicted octanol–water partition coefficient (Wildman–Crippen LogP) is 1.84. The van der Waals surface area contributed by atoms with Gasteiger partial charge in [-0.2, -0.15) is 0 Å². The number of H-pyrrole nitrogens is 1. The molecule has 6 nitrogen and oxygen atoms in total. The van der Waals surface area contributed by atoms with E-state index in [2.05, 4.69) is 9.97 Å². The highest BCUT2D eigenvalue weighted by atomic mass is 16.5. The highest BCUT2D eigenvalue weighted by molar-refractivity contribution is 5.79. The van der Waals surface area contributed by atoms with Gasteiger partial charge in [0.15, 0.2) is 0 Å². The minimum Gasteiger partial charge on any atom is -0.370 e. The zero-order valence-corrected chi connectivity index (χ0v) is 14.8. The average molecular weight is 341 g/mol. The molecule has 1 aromatic carbocycles. The van der Waals surface area contributed by atoms with E-state index in [1.165, 1.54) is 0 Å². The Balaban J connectivity index is 1.75. The summed E-state index contributed by atoms with van der Waals surface area (Å²) in [5.41, 5.74) is 3.07. The standard InChI is InChI=1S/C19H23N3O3/c1-12-6-4-5-7-15(12)17-11-22(8-9-25-17)18(23)10-16-13(2)20-14(3)21-19(16)24/h4-7,17H,8-11H2,1-3H3,(H,20,21,24). The Hall–Kier alpha value is -2.47. The first-order valence-corrected chi connectivity index (χ1v) is 8.47. The summed E-state index contributed by atoms with van der Waals surface area (Å²) in [6, 6.07) is 8.05. The van der Waals surface area contributed by atoms with Gasteiger partial charge in [-0.15, -0.1) is 0 Å². The van der Waals surface area contributed by atoms with Gasteiger partial charge in [0.2, 0.25) is 5.91 Å². The molecule has 1 atom stereocenters. The number of benzene rings is 1. The first-order valence-electron chi connectivity index (χ1n) is 8.47. The van der Waals surface area contributed by atoms with Gasteiger partial charge >= 0.3 is 0 Å². The molecule has 1 N–H and O–H groups in total. The van der Waals surface area contributed by atoms with E-state index in [-0.39, 0.29) is 24.0 Å². The summed E-state index contributed by atoms with van der Waals surface area (Å²) in [4.78, 5) is 33.5. The van der Waals surface area contributed by atoms with Crippen LogP contribution in [0, 0.1) is 20.8 Å². The smallest absolute Gasteiger partial charge is 0.254 e. The number of nitrogens with zero attached hydrogens (tertiary/aromatic N) is 2. The van der Waals surface area contributed by atoms with Crippen molar-refractivity contribution >= 4 is 5.91 Å². The molecule has 1 saturated heterocycles. The minimum absolute atomic E-state index is 0.0644. The molecular weight excluding hydrogens is 318 g/mol. The van der Waals surface area contributed by atoms with Crippen LogP contribution in [0.3, 0.4) is 0 Å². The number of carbonyl (C=O) groups is 1. The third kappa shape index (κ3) is 3.79. The number of ether oxygens (including phenoxy) is 1. The molecule has 0 spiro atoms. The molecule has 2 aromatic rings. The molecule has 1 fully saturated rings. The topological polar surface area (TPSA) is 75.3 Å². The van der Waals surface area contributed by atoms with E-state index in [9.17, 15) is 9.59 Å². The van der Waals surface area contributed by atoms with Gasteiger partial charge in [0.1, 0.15) is 11.9 Å². The van der Waals surface area contributed by atoms with Crippen LogP contribution in [0.1, 0.15) is 34.3 Å². The van der Waals surface area contributed by atoms with E-state index in [0.717, 1.165) is 11.1 Å². The maximum atomic E-state index is 12.7. The Kier molecular flexibility index (Phi) is 4.99. The van der Waals surface area contributed by atoms with E-state index >= 15 is 0 Å². The molecule has 1 amide bonds. The van der Waals surface area contributed by atoms with Gasteiger partial charge in [-0.25, -0.2) is 4.98 Å². The number of carbonyl (C=O) groups excluding carboxylic acids is 1. The molecule has 3 rings (SSSR count). The van der Waals surface area contributed by atoms with Crippen LogP contribution in [0.4, 0.5) is 0 Å². The van der Waals surface area contributed by atoms with E-state index in [4.69, 9.17) is 4.74 Å². The number of aromatic nitrogens is 2. The number of hydrogen-bond donors (Lipinski definition) is 1. The Morgan fingerprint density at radius 3 is 2.80 bits per heavy atom. The Bertz CT molecular complexity index is 844. The van der Waals surface area contributed by atoms with Crippen molar-refractivity contribution < 1.29 is 9.53 Å². The van der Waals surface area contributed by atoms with Crippen LogP contribution < -0.4 is 5.56 Å². The summed E-state index contributed by atoms with van der Waals surface area (Å²) >= 11 is 0. The predicted molar refractivity (Wildman–Crippen MR) is 94.5 cm³/mol. The molecule has 25 heavy (non-hydrogen) atoms. The van der Waals surface area contributed by atoms with Crippen LogP contribution in [0.25, 0.3) is 0 Å². The van der Waals surface area contributed by atoms with Crippen LogP contribution >= 0.6 is 0 Å². The second kappa shape index (κ2) is 7.19. The maximum Gasteiger partial charge on any atom is 0.254 e. The van der Waals surface area contributed by atoms with Gasteiger partial charge < -0.3 is 14.6 Å². The molecule has 1 aromatic heterocycles. The fourth-order valence-electron chi connectivity index (χ4n) is 3.23. The molecule has 0 bridgehead atoms. The molecule has 0 saturated carbocycles. The molecule has 132 valence electrons. The van der Waals surface area contributed by atoms with Gasteiger partial charge in [-0.05, 0) is 31.9 Å². The second-order valence-corrected chi connectivity index (χ2v) is 6.45. The van der Waals surface area contributed by atoms with Crippen LogP contribution in [0.15, 0.2) is 29.1 Å². The number of morpholine rings is 1. The quantitative estimate of drug-likeness (QED) is 0.924. The Morgan fingerprint density at radius 2 is 2.08 bits per heavy atom. The van der Waals surface area contributed by atoms with Crippen LogP contribution in [-0.4, -0.2) is 40.5 Å². The zero-order valence-electron chi connectivity index (χ0n) is 14.8. The lowest BCUT2D eigenvalue weighted by Gasteiger charge is -2.34. The lowest BCUT2D eigenvalue weighted by molar-refractivity contribution is -0.138. The van der Waals surface area contributed by atoms with Crippen molar-refractivity contribution in [3.63, 3.8) is 0 Å². The lowest BCUT2D eigenvalue weighted by atomic mass is 10.0. The third-order valence-electron chi connectivity index (χ3n) is 4.62. The van der Waals surface area contributed by atoms with Crippen LogP contribution in [0.2, 0.25) is 0 Å². The molecule has 2 heterocycles. The normalized spacial score (nSPS) is 17.6. The monoisotopic (exact) mass is 341 g/mol. The van der Waals surface area contributed by atoms with Gasteiger partial charge in [-0.3, -0.25) is 9.59 Å². The van der Waals surface area contributed by atoms with Crippen molar-refractivity contribution in [3.05, 3.63) is 62.8 Å². The first kappa shape index (κ1) is 17.4. The zero-order chi connectivity index (χ0) is 18.0. The number of hydrogen-bond acceptors (Lipinski definition) is 4. The second-order valence-electron chi connectivity index (χ2n) is 6.45. The summed E-state index contributed by atoms with van der Waals surface area (Å²) in [5.74, 6) is 0.492. The van der Waals surface area contributed by atoms with Crippen molar-refractivity contribution in [2.45, 2.75) is 33.3 Å². The highest BCUT2D eigenvalue weighted by Gasteiger charge is 2.27. The third-order valence-corrected chi connectivity index (χ3v) is 4.62. The Morgan fingerprint density at radius 1 is 1.32 bits per heavy atom. The van der Waals surface area contributed by atoms with Crippen LogP contribution in [0.5, 0.6) is 0 Å². The molecule has 0 radical (unpaired) electrons. The van der Waals surface area contributed by atoms with Crippen molar-refractivity contribution in [3.8, 4) is 0 Å². The Labute approximate surface area is 146 Å². The SMILES string of the molecule is Cc1nc(C)c(CC(=O)N2CCOC(c3ccccc3C)C2)c(=O)[nH]1. The number of nitrogens with one attached hydrogen (secondary N) is 1. The van der Waals surface area contributed by atoms with E-state index in [0.29, 0.717) is 36.8 Å². The largest absolute Gasteiger partial charge is 0.370 e. The molecule has 1 aliphatic rings. The highest BCUT2D eigenvalue weighted by Crippen LogP contribution is 2.25. The number of amides is 1. The fourth-order valence-corrected chi connectivity index (χ4v) is 3.23. The summed E-state index contributed by atoms with van der Waals surface area (Å²) in [7, 11) is 0. The first-order chi connectivity index (χ1) is 12.0. The number of rotatable bonds is 3. The van der Waals surface area contributed by atoms with Crippen molar-refractivity contribution in [2.24, 2.45) is 0 Å². The number of aryl methyl sites for hydroxylation is 3. The van der Waals surface area contributed by atoms with Crippen molar-refractivity contribution in [2.75, 3.05) is 19.7 Å². The summed E-state index contributed by atoms with van der Waals surface area (Å²) in [6.45, 7) is 7.07. The minimum atomic E-state index is -0.234. The van der Waals surface area contributed by atoms with Crippen molar-refractivity contribution in [1.82, 2.24) is 14.9 Å². The molecule has 6 heteroatoms. The molecule has 1 aliphatic heterocycles. The lowest BCUT2D eigenvalue weighted by Crippen LogP contribution is -2.43. The van der Waals surface area contributed by atoms with Gasteiger partial charge in [0.05, 0.1) is 19.6 Å². The molecule has 0 aliphatic carbocycles. The summed E-state index contributed by atoms with van der Waals surface area (Å²) in [6.07, 6.45) is -0.0657. The molecular formula is C19H23N3O3. The summed E-state index contributed by atoms with van der Waals surface area (Å²) in [5, 5.41) is 0. The molecule has 1 unspecified atom stereocenters. The van der Waals surface area contributed by atoms with Crippen molar-refractivity contribution in [1.29, 1.82) is 0 Å². The summed E-state index contributed by atoms with van der Waals surface area (Å²) < 4.78 is 5.86. The van der Waals surface area contributed by atoms with Crippen LogP contribution in [-0.2, 0) is 16.0 Å².